The predicted octanol–water partition coefficient (Wildman–Crippen LogP) is 5.77. The van der Waals surface area contributed by atoms with Gasteiger partial charge in [0, 0.05) is 18.2 Å². The van der Waals surface area contributed by atoms with E-state index in [4.69, 9.17) is 4.74 Å². The fourth-order valence-electron chi connectivity index (χ4n) is 6.56. The zero-order valence-electron chi connectivity index (χ0n) is 18.0. The number of benzene rings is 2. The first-order valence-electron chi connectivity index (χ1n) is 11.7. The Bertz CT molecular complexity index is 952. The van der Waals surface area contributed by atoms with E-state index in [0.717, 1.165) is 42.6 Å². The number of carbonyl (C=O) groups is 2. The van der Waals surface area contributed by atoms with Crippen LogP contribution in [0.25, 0.3) is 0 Å². The number of hydrogen-bond donors (Lipinski definition) is 1. The number of nitrogens with one attached hydrogen (secondary N) is 1. The van der Waals surface area contributed by atoms with Gasteiger partial charge in [0.25, 0.3) is 5.91 Å². The molecular formula is C27H31NO3. The Balaban J connectivity index is 1.19. The van der Waals surface area contributed by atoms with E-state index in [1.54, 1.807) is 12.1 Å². The number of hydrogen-bond acceptors (Lipinski definition) is 3. The predicted molar refractivity (Wildman–Crippen MR) is 121 cm³/mol. The van der Waals surface area contributed by atoms with E-state index in [1.807, 2.05) is 42.5 Å². The van der Waals surface area contributed by atoms with Crippen LogP contribution in [0.4, 0.5) is 5.69 Å². The lowest BCUT2D eigenvalue weighted by molar-refractivity contribution is -0.136. The van der Waals surface area contributed by atoms with Gasteiger partial charge in [-0.05, 0) is 66.5 Å². The van der Waals surface area contributed by atoms with E-state index < -0.39 is 5.91 Å². The molecule has 1 N–H and O–H groups in total. The minimum atomic E-state index is -0.492. The molecule has 0 saturated heterocycles. The maximum absolute atomic E-state index is 12.9. The second kappa shape index (κ2) is 8.49. The maximum Gasteiger partial charge on any atom is 0.291 e. The molecule has 2 aromatic carbocycles. The molecule has 162 valence electrons. The first-order valence-corrected chi connectivity index (χ1v) is 11.7. The molecule has 4 atom stereocenters. The zero-order chi connectivity index (χ0) is 21.3. The van der Waals surface area contributed by atoms with E-state index >= 15 is 0 Å². The summed E-state index contributed by atoms with van der Waals surface area (Å²) in [5.41, 5.74) is 1.76. The molecule has 0 spiro atoms. The van der Waals surface area contributed by atoms with Crippen molar-refractivity contribution in [3.8, 4) is 5.75 Å². The van der Waals surface area contributed by atoms with E-state index in [1.165, 1.54) is 25.7 Å². The largest absolute Gasteiger partial charge is 0.489 e. The van der Waals surface area contributed by atoms with Crippen molar-refractivity contribution in [1.82, 2.24) is 0 Å². The van der Waals surface area contributed by atoms with Crippen LogP contribution >= 0.6 is 0 Å². The van der Waals surface area contributed by atoms with Crippen LogP contribution in [0.2, 0.25) is 0 Å². The Hall–Kier alpha value is -2.62. The molecule has 3 saturated carbocycles. The molecule has 3 fully saturated rings. The van der Waals surface area contributed by atoms with Gasteiger partial charge in [0.15, 0.2) is 0 Å². The van der Waals surface area contributed by atoms with Gasteiger partial charge >= 0.3 is 0 Å². The first kappa shape index (κ1) is 20.3. The number of fused-ring (bicyclic) bond motifs is 2. The summed E-state index contributed by atoms with van der Waals surface area (Å²) in [4.78, 5) is 25.6. The van der Waals surface area contributed by atoms with Crippen molar-refractivity contribution < 1.29 is 14.3 Å². The van der Waals surface area contributed by atoms with Crippen molar-refractivity contribution in [2.45, 2.75) is 58.0 Å². The topological polar surface area (TPSA) is 55.4 Å². The molecule has 3 aliphatic rings. The first-order chi connectivity index (χ1) is 15.1. The third-order valence-corrected chi connectivity index (χ3v) is 7.73. The normalized spacial score (nSPS) is 28.7. The summed E-state index contributed by atoms with van der Waals surface area (Å²) in [6.07, 6.45) is 9.17. The smallest absolute Gasteiger partial charge is 0.291 e. The molecule has 0 heterocycles. The van der Waals surface area contributed by atoms with Crippen LogP contribution in [0.5, 0.6) is 5.75 Å². The molecule has 4 nitrogen and oxygen atoms in total. The van der Waals surface area contributed by atoms with Crippen LogP contribution in [0.1, 0.15) is 56.9 Å². The lowest BCUT2D eigenvalue weighted by Gasteiger charge is -2.37. The number of anilines is 1. The zero-order valence-corrected chi connectivity index (χ0v) is 18.0. The molecule has 31 heavy (non-hydrogen) atoms. The summed E-state index contributed by atoms with van der Waals surface area (Å²) < 4.78 is 5.84. The van der Waals surface area contributed by atoms with Crippen molar-refractivity contribution in [2.75, 3.05) is 5.32 Å². The quantitative estimate of drug-likeness (QED) is 0.582. The van der Waals surface area contributed by atoms with E-state index in [2.05, 4.69) is 5.32 Å². The van der Waals surface area contributed by atoms with Crippen LogP contribution in [0, 0.1) is 23.2 Å². The van der Waals surface area contributed by atoms with E-state index in [-0.39, 0.29) is 11.2 Å². The minimum absolute atomic E-state index is 0.0771. The van der Waals surface area contributed by atoms with Gasteiger partial charge in [0.05, 0.1) is 0 Å². The summed E-state index contributed by atoms with van der Waals surface area (Å²) in [7, 11) is 0. The molecule has 5 rings (SSSR count). The highest BCUT2D eigenvalue weighted by molar-refractivity contribution is 6.40. The van der Waals surface area contributed by atoms with Crippen LogP contribution in [-0.2, 0) is 16.2 Å². The Morgan fingerprint density at radius 1 is 0.968 bits per heavy atom. The summed E-state index contributed by atoms with van der Waals surface area (Å²) in [6, 6.07) is 17.2. The molecule has 1 amide bonds. The number of amides is 1. The monoisotopic (exact) mass is 417 g/mol. The minimum Gasteiger partial charge on any atom is -0.489 e. The standard InChI is InChI=1S/C27H31NO3/c29-25(17-27-14-20-8-4-9-21(15-27)22(12-20)16-27)26(30)28-23-10-5-11-24(13-23)31-18-19-6-2-1-3-7-19/h1-3,5-7,10-11,13,20-22H,4,8-9,12,14-18H2,(H,28,30). The highest BCUT2D eigenvalue weighted by Gasteiger charge is 2.52. The Morgan fingerprint density at radius 3 is 2.68 bits per heavy atom. The van der Waals surface area contributed by atoms with Gasteiger partial charge < -0.3 is 10.1 Å². The van der Waals surface area contributed by atoms with Gasteiger partial charge in [-0.3, -0.25) is 9.59 Å². The molecule has 0 aliphatic heterocycles. The second-order valence-corrected chi connectivity index (χ2v) is 10.0. The van der Waals surface area contributed by atoms with Gasteiger partial charge in [-0.2, -0.15) is 0 Å². The highest BCUT2D eigenvalue weighted by atomic mass is 16.5. The fraction of sp³-hybridized carbons (Fsp3) is 0.481. The molecule has 4 heteroatoms. The molecular weight excluding hydrogens is 386 g/mol. The SMILES string of the molecule is O=C(CC12CC3CCCC(C1)C(C3)C2)C(=O)Nc1cccc(OCc2ccccc2)c1. The average molecular weight is 418 g/mol. The third-order valence-electron chi connectivity index (χ3n) is 7.73. The van der Waals surface area contributed by atoms with Crippen molar-refractivity contribution in [1.29, 1.82) is 0 Å². The molecule has 3 bridgehead atoms. The van der Waals surface area contributed by atoms with Gasteiger partial charge in [0.1, 0.15) is 12.4 Å². The Labute approximate surface area is 184 Å². The van der Waals surface area contributed by atoms with Crippen molar-refractivity contribution >= 4 is 17.4 Å². The molecule has 2 aromatic rings. The molecule has 0 radical (unpaired) electrons. The van der Waals surface area contributed by atoms with E-state index in [9.17, 15) is 9.59 Å². The van der Waals surface area contributed by atoms with Crippen molar-refractivity contribution in [3.63, 3.8) is 0 Å². The highest BCUT2D eigenvalue weighted by Crippen LogP contribution is 2.61. The number of carbonyl (C=O) groups excluding carboxylic acids is 2. The number of ketones is 1. The van der Waals surface area contributed by atoms with Crippen LogP contribution in [-0.4, -0.2) is 11.7 Å². The molecule has 0 aromatic heterocycles. The Morgan fingerprint density at radius 2 is 1.81 bits per heavy atom. The molecule has 4 unspecified atom stereocenters. The van der Waals surface area contributed by atoms with Gasteiger partial charge in [-0.25, -0.2) is 0 Å². The van der Waals surface area contributed by atoms with Crippen molar-refractivity contribution in [2.24, 2.45) is 23.2 Å². The summed E-state index contributed by atoms with van der Waals surface area (Å²) in [6.45, 7) is 0.461. The summed E-state index contributed by atoms with van der Waals surface area (Å²) in [5, 5.41) is 2.81. The van der Waals surface area contributed by atoms with Gasteiger partial charge in [-0.15, -0.1) is 0 Å². The second-order valence-electron chi connectivity index (χ2n) is 10.0. The van der Waals surface area contributed by atoms with Gasteiger partial charge in [-0.1, -0.05) is 55.7 Å². The summed E-state index contributed by atoms with van der Waals surface area (Å²) in [5.74, 6) is 2.24. The lowest BCUT2D eigenvalue weighted by atomic mass is 9.67. The number of Topliss-reactive ketones (excluding diaryl/α,β-unsaturated/α-hetero) is 1. The van der Waals surface area contributed by atoms with E-state index in [0.29, 0.717) is 24.5 Å². The summed E-state index contributed by atoms with van der Waals surface area (Å²) >= 11 is 0. The van der Waals surface area contributed by atoms with Crippen LogP contribution in [0.15, 0.2) is 54.6 Å². The third kappa shape index (κ3) is 4.53. The maximum atomic E-state index is 12.9. The fourth-order valence-corrected chi connectivity index (χ4v) is 6.56. The van der Waals surface area contributed by atoms with Crippen molar-refractivity contribution in [3.05, 3.63) is 60.2 Å². The van der Waals surface area contributed by atoms with Gasteiger partial charge in [0.2, 0.25) is 5.78 Å². The number of ether oxygens (including phenoxy) is 1. The average Bonchev–Trinajstić information content (AvgIpc) is 2.92. The number of rotatable bonds is 7. The Kier molecular flexibility index (Phi) is 5.56. The molecule has 3 aliphatic carbocycles. The lowest BCUT2D eigenvalue weighted by Crippen LogP contribution is -2.33. The van der Waals surface area contributed by atoms with Crippen LogP contribution in [0.3, 0.4) is 0 Å². The van der Waals surface area contributed by atoms with Crippen LogP contribution < -0.4 is 10.1 Å².